The first-order chi connectivity index (χ1) is 8.83. The number of rotatable bonds is 5. The molecule has 0 bridgehead atoms. The van der Waals surface area contributed by atoms with Gasteiger partial charge in [-0.1, -0.05) is 19.9 Å². The quantitative estimate of drug-likeness (QED) is 0.755. The van der Waals surface area contributed by atoms with Gasteiger partial charge in [0.25, 0.3) is 0 Å². The van der Waals surface area contributed by atoms with Crippen LogP contribution in [0.4, 0.5) is 0 Å². The summed E-state index contributed by atoms with van der Waals surface area (Å²) in [7, 11) is 1.75. The third kappa shape index (κ3) is 3.57. The lowest BCUT2D eigenvalue weighted by Gasteiger charge is -1.99. The number of hydrogen-bond donors (Lipinski definition) is 0. The summed E-state index contributed by atoms with van der Waals surface area (Å²) in [6.45, 7) is 6.89. The molecule has 0 unspecified atom stereocenters. The number of aromatic nitrogens is 2. The fourth-order valence-electron chi connectivity index (χ4n) is 1.99. The van der Waals surface area contributed by atoms with Crippen LogP contribution in [0.5, 0.6) is 0 Å². The summed E-state index contributed by atoms with van der Waals surface area (Å²) < 4.78 is 7.19. The van der Waals surface area contributed by atoms with E-state index >= 15 is 0 Å². The summed E-state index contributed by atoms with van der Waals surface area (Å²) in [4.78, 5) is 4.61. The van der Waals surface area contributed by atoms with Crippen LogP contribution in [0, 0.1) is 6.92 Å². The van der Waals surface area contributed by atoms with E-state index < -0.39 is 0 Å². The molecule has 0 aliphatic rings. The third-order valence-electron chi connectivity index (χ3n) is 2.81. The molecule has 0 radical (unpaired) electrons. The Balaban J connectivity index is 0.000000771. The second kappa shape index (κ2) is 7.88. The van der Waals surface area contributed by atoms with Crippen LogP contribution in [0.15, 0.2) is 24.4 Å². The highest BCUT2D eigenvalue weighted by Crippen LogP contribution is 2.14. The Morgan fingerprint density at radius 1 is 1.22 bits per heavy atom. The van der Waals surface area contributed by atoms with Gasteiger partial charge in [0.1, 0.15) is 5.82 Å². The van der Waals surface area contributed by atoms with E-state index in [1.165, 1.54) is 11.2 Å². The summed E-state index contributed by atoms with van der Waals surface area (Å²) >= 11 is 0. The van der Waals surface area contributed by atoms with Gasteiger partial charge in [-0.05, 0) is 38.3 Å². The number of aryl methyl sites for hydroxylation is 2. The Morgan fingerprint density at radius 2 is 2.00 bits per heavy atom. The Kier molecular flexibility index (Phi) is 6.44. The average Bonchev–Trinajstić information content (AvgIpc) is 2.75. The standard InChI is InChI=1S/C13H18N2O.C2H6/c1-11-14-12(7-4-6-10-16-2)13-8-3-5-9-15(11)13;1-2/h3,5,8-9H,4,6-7,10H2,1-2H3;1-2H3. The lowest BCUT2D eigenvalue weighted by molar-refractivity contribution is 0.193. The lowest BCUT2D eigenvalue weighted by atomic mass is 10.2. The number of unbranched alkanes of at least 4 members (excludes halogenated alkanes) is 1. The SMILES string of the molecule is CC.COCCCCc1nc(C)n2ccccc12. The van der Waals surface area contributed by atoms with Gasteiger partial charge in [0.2, 0.25) is 0 Å². The highest BCUT2D eigenvalue weighted by atomic mass is 16.5. The highest BCUT2D eigenvalue weighted by Gasteiger charge is 2.06. The van der Waals surface area contributed by atoms with Crippen molar-refractivity contribution in [2.75, 3.05) is 13.7 Å². The molecule has 0 aliphatic carbocycles. The summed E-state index contributed by atoms with van der Waals surface area (Å²) in [5, 5.41) is 0. The Hall–Kier alpha value is -1.35. The van der Waals surface area contributed by atoms with E-state index in [9.17, 15) is 0 Å². The zero-order valence-electron chi connectivity index (χ0n) is 11.9. The summed E-state index contributed by atoms with van der Waals surface area (Å²) in [6, 6.07) is 6.23. The monoisotopic (exact) mass is 248 g/mol. The van der Waals surface area contributed by atoms with Gasteiger partial charge < -0.3 is 9.14 Å². The van der Waals surface area contributed by atoms with Crippen LogP contribution in [0.2, 0.25) is 0 Å². The number of ether oxygens (including phenoxy) is 1. The minimum atomic E-state index is 0.838. The number of hydrogen-bond acceptors (Lipinski definition) is 2. The van der Waals surface area contributed by atoms with Gasteiger partial charge in [0, 0.05) is 19.9 Å². The largest absolute Gasteiger partial charge is 0.385 e. The predicted molar refractivity (Wildman–Crippen MR) is 76.1 cm³/mol. The molecular weight excluding hydrogens is 224 g/mol. The summed E-state index contributed by atoms with van der Waals surface area (Å²) in [5.41, 5.74) is 2.44. The molecule has 2 heterocycles. The van der Waals surface area contributed by atoms with Gasteiger partial charge in [-0.15, -0.1) is 0 Å². The van der Waals surface area contributed by atoms with Crippen molar-refractivity contribution >= 4 is 5.52 Å². The molecule has 0 aliphatic heterocycles. The van der Waals surface area contributed by atoms with Gasteiger partial charge in [0.05, 0.1) is 11.2 Å². The zero-order valence-corrected chi connectivity index (χ0v) is 11.9. The normalized spacial score (nSPS) is 10.2. The summed E-state index contributed by atoms with van der Waals surface area (Å²) in [5.74, 6) is 1.07. The highest BCUT2D eigenvalue weighted by molar-refractivity contribution is 5.53. The molecule has 0 fully saturated rings. The van der Waals surface area contributed by atoms with E-state index in [1.54, 1.807) is 7.11 Å². The van der Waals surface area contributed by atoms with E-state index in [0.29, 0.717) is 0 Å². The molecule has 2 aromatic rings. The van der Waals surface area contributed by atoms with Crippen LogP contribution in [0.25, 0.3) is 5.52 Å². The van der Waals surface area contributed by atoms with Crippen LogP contribution in [0.1, 0.15) is 38.2 Å². The second-order valence-corrected chi connectivity index (χ2v) is 4.01. The second-order valence-electron chi connectivity index (χ2n) is 4.01. The van der Waals surface area contributed by atoms with Crippen molar-refractivity contribution in [3.05, 3.63) is 35.9 Å². The van der Waals surface area contributed by atoms with Crippen molar-refractivity contribution in [2.24, 2.45) is 0 Å². The van der Waals surface area contributed by atoms with Gasteiger partial charge in [-0.25, -0.2) is 4.98 Å². The Morgan fingerprint density at radius 3 is 2.72 bits per heavy atom. The molecule has 3 nitrogen and oxygen atoms in total. The van der Waals surface area contributed by atoms with Gasteiger partial charge in [-0.2, -0.15) is 0 Å². The lowest BCUT2D eigenvalue weighted by Crippen LogP contribution is -1.92. The molecule has 3 heteroatoms. The molecule has 100 valence electrons. The van der Waals surface area contributed by atoms with Gasteiger partial charge >= 0.3 is 0 Å². The average molecular weight is 248 g/mol. The van der Waals surface area contributed by atoms with E-state index in [4.69, 9.17) is 4.74 Å². The first-order valence-electron chi connectivity index (χ1n) is 6.74. The Bertz CT molecular complexity index is 462. The van der Waals surface area contributed by atoms with Crippen LogP contribution in [0.3, 0.4) is 0 Å². The number of fused-ring (bicyclic) bond motifs is 1. The molecule has 2 rings (SSSR count). The van der Waals surface area contributed by atoms with Gasteiger partial charge in [0.15, 0.2) is 0 Å². The van der Waals surface area contributed by atoms with Crippen LogP contribution < -0.4 is 0 Å². The maximum atomic E-state index is 5.05. The third-order valence-corrected chi connectivity index (χ3v) is 2.81. The Labute approximate surface area is 110 Å². The number of nitrogens with zero attached hydrogens (tertiary/aromatic N) is 2. The van der Waals surface area contributed by atoms with E-state index in [0.717, 1.165) is 31.7 Å². The van der Waals surface area contributed by atoms with E-state index in [-0.39, 0.29) is 0 Å². The minimum absolute atomic E-state index is 0.838. The minimum Gasteiger partial charge on any atom is -0.385 e. The van der Waals surface area contributed by atoms with Crippen molar-refractivity contribution < 1.29 is 4.74 Å². The topological polar surface area (TPSA) is 26.5 Å². The first kappa shape index (κ1) is 14.7. The molecule has 0 N–H and O–H groups in total. The van der Waals surface area contributed by atoms with Crippen molar-refractivity contribution in [2.45, 2.75) is 40.0 Å². The first-order valence-corrected chi connectivity index (χ1v) is 6.74. The zero-order chi connectivity index (χ0) is 13.4. The van der Waals surface area contributed by atoms with Crippen LogP contribution in [-0.2, 0) is 11.2 Å². The smallest absolute Gasteiger partial charge is 0.110 e. The van der Waals surface area contributed by atoms with Crippen LogP contribution in [-0.4, -0.2) is 23.1 Å². The van der Waals surface area contributed by atoms with E-state index in [2.05, 4.69) is 27.7 Å². The summed E-state index contributed by atoms with van der Waals surface area (Å²) in [6.07, 6.45) is 5.33. The van der Waals surface area contributed by atoms with Crippen molar-refractivity contribution in [1.29, 1.82) is 0 Å². The molecule has 0 amide bonds. The molecule has 0 saturated heterocycles. The predicted octanol–water partition coefficient (Wildman–Crippen LogP) is 3.64. The van der Waals surface area contributed by atoms with E-state index in [1.807, 2.05) is 26.8 Å². The molecular formula is C15H24N2O. The number of pyridine rings is 1. The van der Waals surface area contributed by atoms with Gasteiger partial charge in [-0.3, -0.25) is 0 Å². The van der Waals surface area contributed by atoms with Crippen molar-refractivity contribution in [3.63, 3.8) is 0 Å². The van der Waals surface area contributed by atoms with Crippen LogP contribution >= 0.6 is 0 Å². The molecule has 0 atom stereocenters. The molecule has 0 spiro atoms. The fraction of sp³-hybridized carbons (Fsp3) is 0.533. The van der Waals surface area contributed by atoms with Crippen molar-refractivity contribution in [1.82, 2.24) is 9.38 Å². The molecule has 2 aromatic heterocycles. The van der Waals surface area contributed by atoms with Crippen molar-refractivity contribution in [3.8, 4) is 0 Å². The molecule has 0 aromatic carbocycles. The maximum Gasteiger partial charge on any atom is 0.110 e. The number of imidazole rings is 1. The number of methoxy groups -OCH3 is 1. The maximum absolute atomic E-state index is 5.05. The molecule has 0 saturated carbocycles. The molecule has 18 heavy (non-hydrogen) atoms. The fourth-order valence-corrected chi connectivity index (χ4v) is 1.99.